The number of thioether (sulfide) groups is 1. The fourth-order valence-corrected chi connectivity index (χ4v) is 3.66. The summed E-state index contributed by atoms with van der Waals surface area (Å²) in [6.07, 6.45) is 6.89. The largest absolute Gasteiger partial charge is 0.326 e. The van der Waals surface area contributed by atoms with Gasteiger partial charge in [-0.2, -0.15) is 0 Å². The molecule has 2 heterocycles. The lowest BCUT2D eigenvalue weighted by molar-refractivity contribution is -0.116. The van der Waals surface area contributed by atoms with Crippen LogP contribution in [0, 0.1) is 0 Å². The standard InChI is InChI=1S/C22H26N6O2S/c1-3-4-5-9-19(29)24-17-7-6-8-18(14-17)25-20(30)15-31-22-27-26-21(28(22)2)16-10-12-23-13-11-16/h6-8,10-14H,3-5,9,15H2,1-2H3,(H,24,29)(H,25,30). The third-order valence-electron chi connectivity index (χ3n) is 4.54. The smallest absolute Gasteiger partial charge is 0.234 e. The molecule has 162 valence electrons. The fourth-order valence-electron chi connectivity index (χ4n) is 2.95. The first kappa shape index (κ1) is 22.5. The summed E-state index contributed by atoms with van der Waals surface area (Å²) in [7, 11) is 1.86. The first-order valence-corrected chi connectivity index (χ1v) is 11.2. The van der Waals surface area contributed by atoms with Crippen LogP contribution in [0.15, 0.2) is 53.9 Å². The van der Waals surface area contributed by atoms with Crippen LogP contribution in [-0.4, -0.2) is 37.3 Å². The van der Waals surface area contributed by atoms with E-state index in [1.807, 2.05) is 29.8 Å². The third kappa shape index (κ3) is 6.65. The van der Waals surface area contributed by atoms with Crippen molar-refractivity contribution in [2.45, 2.75) is 37.8 Å². The number of nitrogens with one attached hydrogen (secondary N) is 2. The minimum Gasteiger partial charge on any atom is -0.326 e. The predicted octanol–water partition coefficient (Wildman–Crippen LogP) is 4.13. The molecule has 0 bridgehead atoms. The molecule has 2 amide bonds. The molecule has 0 aliphatic rings. The van der Waals surface area contributed by atoms with E-state index in [1.165, 1.54) is 11.8 Å². The topological polar surface area (TPSA) is 102 Å². The maximum absolute atomic E-state index is 12.4. The molecule has 9 heteroatoms. The number of carbonyl (C=O) groups excluding carboxylic acids is 2. The number of amides is 2. The van der Waals surface area contributed by atoms with E-state index in [4.69, 9.17) is 0 Å². The molecule has 0 aliphatic carbocycles. The summed E-state index contributed by atoms with van der Waals surface area (Å²) >= 11 is 1.31. The molecule has 0 saturated carbocycles. The van der Waals surface area contributed by atoms with Crippen molar-refractivity contribution in [3.05, 3.63) is 48.8 Å². The summed E-state index contributed by atoms with van der Waals surface area (Å²) in [6, 6.07) is 10.9. The quantitative estimate of drug-likeness (QED) is 0.365. The fraction of sp³-hybridized carbons (Fsp3) is 0.318. The Labute approximate surface area is 185 Å². The van der Waals surface area contributed by atoms with Gasteiger partial charge in [-0.15, -0.1) is 10.2 Å². The van der Waals surface area contributed by atoms with Crippen molar-refractivity contribution in [3.63, 3.8) is 0 Å². The molecular formula is C22H26N6O2S. The predicted molar refractivity (Wildman–Crippen MR) is 123 cm³/mol. The minimum atomic E-state index is -0.162. The summed E-state index contributed by atoms with van der Waals surface area (Å²) in [5, 5.41) is 14.8. The number of pyridine rings is 1. The van der Waals surface area contributed by atoms with Crippen LogP contribution in [0.2, 0.25) is 0 Å². The molecule has 0 aliphatic heterocycles. The zero-order valence-corrected chi connectivity index (χ0v) is 18.5. The first-order chi connectivity index (χ1) is 15.1. The van der Waals surface area contributed by atoms with Gasteiger partial charge in [0.05, 0.1) is 5.75 Å². The lowest BCUT2D eigenvalue weighted by atomic mass is 10.2. The van der Waals surface area contributed by atoms with Crippen LogP contribution < -0.4 is 10.6 Å². The maximum atomic E-state index is 12.4. The van der Waals surface area contributed by atoms with Crippen LogP contribution in [0.3, 0.4) is 0 Å². The van der Waals surface area contributed by atoms with Gasteiger partial charge >= 0.3 is 0 Å². The summed E-state index contributed by atoms with van der Waals surface area (Å²) in [5.41, 5.74) is 2.21. The van der Waals surface area contributed by atoms with Crippen molar-refractivity contribution in [3.8, 4) is 11.4 Å². The molecule has 31 heavy (non-hydrogen) atoms. The van der Waals surface area contributed by atoms with E-state index in [1.54, 1.807) is 30.6 Å². The van der Waals surface area contributed by atoms with Gasteiger partial charge in [0.2, 0.25) is 11.8 Å². The Morgan fingerprint density at radius 1 is 1.00 bits per heavy atom. The zero-order chi connectivity index (χ0) is 22.1. The van der Waals surface area contributed by atoms with Gasteiger partial charge in [-0.25, -0.2) is 0 Å². The van der Waals surface area contributed by atoms with Crippen LogP contribution in [0.25, 0.3) is 11.4 Å². The number of anilines is 2. The Hall–Kier alpha value is -3.20. The van der Waals surface area contributed by atoms with Crippen LogP contribution in [-0.2, 0) is 16.6 Å². The lowest BCUT2D eigenvalue weighted by Gasteiger charge is -2.09. The van der Waals surface area contributed by atoms with E-state index in [9.17, 15) is 9.59 Å². The van der Waals surface area contributed by atoms with Gasteiger partial charge in [0.15, 0.2) is 11.0 Å². The Morgan fingerprint density at radius 2 is 1.71 bits per heavy atom. The number of unbranched alkanes of at least 4 members (excludes halogenated alkanes) is 2. The molecule has 0 fully saturated rings. The second-order valence-corrected chi connectivity index (χ2v) is 7.97. The molecule has 1 aromatic carbocycles. The lowest BCUT2D eigenvalue weighted by Crippen LogP contribution is -2.15. The van der Waals surface area contributed by atoms with E-state index < -0.39 is 0 Å². The molecule has 3 aromatic rings. The average molecular weight is 439 g/mol. The number of hydrogen-bond donors (Lipinski definition) is 2. The van der Waals surface area contributed by atoms with E-state index in [2.05, 4.69) is 32.7 Å². The Balaban J connectivity index is 1.52. The van der Waals surface area contributed by atoms with Crippen molar-refractivity contribution in [2.24, 2.45) is 7.05 Å². The Morgan fingerprint density at radius 3 is 2.42 bits per heavy atom. The molecule has 8 nitrogen and oxygen atoms in total. The van der Waals surface area contributed by atoms with Crippen molar-refractivity contribution in [2.75, 3.05) is 16.4 Å². The number of hydrogen-bond acceptors (Lipinski definition) is 6. The number of rotatable bonds is 10. The van der Waals surface area contributed by atoms with E-state index in [0.29, 0.717) is 28.8 Å². The van der Waals surface area contributed by atoms with Gasteiger partial charge in [-0.1, -0.05) is 37.6 Å². The monoisotopic (exact) mass is 438 g/mol. The highest BCUT2D eigenvalue weighted by atomic mass is 32.2. The van der Waals surface area contributed by atoms with Crippen molar-refractivity contribution in [1.29, 1.82) is 0 Å². The van der Waals surface area contributed by atoms with Crippen molar-refractivity contribution in [1.82, 2.24) is 19.7 Å². The van der Waals surface area contributed by atoms with Crippen LogP contribution >= 0.6 is 11.8 Å². The summed E-state index contributed by atoms with van der Waals surface area (Å²) in [4.78, 5) is 28.4. The summed E-state index contributed by atoms with van der Waals surface area (Å²) in [6.45, 7) is 2.10. The number of aromatic nitrogens is 4. The summed E-state index contributed by atoms with van der Waals surface area (Å²) < 4.78 is 1.85. The van der Waals surface area contributed by atoms with Gasteiger partial charge in [-0.3, -0.25) is 14.6 Å². The second kappa shape index (κ2) is 11.3. The Kier molecular flexibility index (Phi) is 8.17. The average Bonchev–Trinajstić information content (AvgIpc) is 3.13. The van der Waals surface area contributed by atoms with Crippen LogP contribution in [0.5, 0.6) is 0 Å². The van der Waals surface area contributed by atoms with Crippen molar-refractivity contribution >= 4 is 35.0 Å². The molecule has 0 saturated heterocycles. The SMILES string of the molecule is CCCCCC(=O)Nc1cccc(NC(=O)CSc2nnc(-c3ccncc3)n2C)c1. The van der Waals surface area contributed by atoms with Crippen LogP contribution in [0.4, 0.5) is 11.4 Å². The van der Waals surface area contributed by atoms with E-state index in [-0.39, 0.29) is 17.6 Å². The second-order valence-electron chi connectivity index (χ2n) is 7.02. The maximum Gasteiger partial charge on any atom is 0.234 e. The van der Waals surface area contributed by atoms with E-state index in [0.717, 1.165) is 24.8 Å². The van der Waals surface area contributed by atoms with Gasteiger partial charge in [-0.05, 0) is 36.8 Å². The molecule has 3 rings (SSSR count). The van der Waals surface area contributed by atoms with E-state index >= 15 is 0 Å². The van der Waals surface area contributed by atoms with Gasteiger partial charge < -0.3 is 15.2 Å². The highest BCUT2D eigenvalue weighted by Crippen LogP contribution is 2.22. The zero-order valence-electron chi connectivity index (χ0n) is 17.7. The number of carbonyl (C=O) groups is 2. The molecular weight excluding hydrogens is 412 g/mol. The number of benzene rings is 1. The molecule has 0 radical (unpaired) electrons. The highest BCUT2D eigenvalue weighted by Gasteiger charge is 2.13. The Bertz CT molecular complexity index is 1020. The van der Waals surface area contributed by atoms with Crippen LogP contribution in [0.1, 0.15) is 32.6 Å². The third-order valence-corrected chi connectivity index (χ3v) is 5.56. The van der Waals surface area contributed by atoms with Crippen molar-refractivity contribution < 1.29 is 9.59 Å². The first-order valence-electron chi connectivity index (χ1n) is 10.2. The molecule has 2 N–H and O–H groups in total. The summed E-state index contributed by atoms with van der Waals surface area (Å²) in [5.74, 6) is 0.730. The van der Waals surface area contributed by atoms with Gasteiger partial charge in [0.25, 0.3) is 0 Å². The molecule has 0 spiro atoms. The minimum absolute atomic E-state index is 0.0141. The van der Waals surface area contributed by atoms with Gasteiger partial charge in [0.1, 0.15) is 0 Å². The molecule has 0 atom stereocenters. The normalized spacial score (nSPS) is 10.6. The molecule has 0 unspecified atom stereocenters. The number of nitrogens with zero attached hydrogens (tertiary/aromatic N) is 4. The van der Waals surface area contributed by atoms with Gasteiger partial charge in [0, 0.05) is 42.8 Å². The highest BCUT2D eigenvalue weighted by molar-refractivity contribution is 7.99. The molecule has 2 aromatic heterocycles.